The van der Waals surface area contributed by atoms with Gasteiger partial charge in [0.25, 0.3) is 0 Å². The molecule has 1 N–H and O–H groups in total. The van der Waals surface area contributed by atoms with E-state index in [1.807, 2.05) is 24.3 Å². The number of benzene rings is 2. The topological polar surface area (TPSA) is 24.9 Å². The lowest BCUT2D eigenvalue weighted by Crippen LogP contribution is -2.06. The third kappa shape index (κ3) is 2.85. The van der Waals surface area contributed by atoms with Crippen LogP contribution in [0, 0.1) is 6.92 Å². The largest absolute Gasteiger partial charge is 0.416 e. The number of para-hydroxylation sites is 1. The molecule has 108 valence electrons. The Labute approximate surface area is 123 Å². The summed E-state index contributed by atoms with van der Waals surface area (Å²) in [5.74, 6) is 0. The standard InChI is InChI=1S/C15H11F3N2S/c1-9-6-7-10(15(16,17)18)8-12(9)20-14-19-11-4-2-3-5-13(11)21-14/h2-8H,1H3,(H,19,20). The zero-order valence-electron chi connectivity index (χ0n) is 11.0. The molecule has 6 heteroatoms. The van der Waals surface area contributed by atoms with Crippen molar-refractivity contribution in [1.29, 1.82) is 0 Å². The molecule has 21 heavy (non-hydrogen) atoms. The highest BCUT2D eigenvalue weighted by Crippen LogP contribution is 2.34. The van der Waals surface area contributed by atoms with Crippen LogP contribution in [0.3, 0.4) is 0 Å². The molecule has 0 aliphatic rings. The van der Waals surface area contributed by atoms with Crippen molar-refractivity contribution in [2.24, 2.45) is 0 Å². The Morgan fingerprint density at radius 2 is 1.86 bits per heavy atom. The maximum Gasteiger partial charge on any atom is 0.416 e. The van der Waals surface area contributed by atoms with E-state index in [9.17, 15) is 13.2 Å². The molecule has 3 aromatic rings. The van der Waals surface area contributed by atoms with Gasteiger partial charge in [-0.05, 0) is 36.8 Å². The fourth-order valence-corrected chi connectivity index (χ4v) is 2.85. The first-order valence-corrected chi connectivity index (χ1v) is 7.05. The van der Waals surface area contributed by atoms with Crippen molar-refractivity contribution in [1.82, 2.24) is 4.98 Å². The zero-order chi connectivity index (χ0) is 15.0. The number of fused-ring (bicyclic) bond motifs is 1. The van der Waals surface area contributed by atoms with E-state index in [0.29, 0.717) is 10.8 Å². The number of nitrogens with one attached hydrogen (secondary N) is 1. The highest BCUT2D eigenvalue weighted by atomic mass is 32.1. The minimum absolute atomic E-state index is 0.420. The maximum absolute atomic E-state index is 12.8. The van der Waals surface area contributed by atoms with E-state index >= 15 is 0 Å². The van der Waals surface area contributed by atoms with Crippen molar-refractivity contribution in [3.63, 3.8) is 0 Å². The van der Waals surface area contributed by atoms with Crippen LogP contribution in [0.5, 0.6) is 0 Å². The van der Waals surface area contributed by atoms with Gasteiger partial charge in [0.2, 0.25) is 0 Å². The van der Waals surface area contributed by atoms with Crippen LogP contribution in [0.2, 0.25) is 0 Å². The highest BCUT2D eigenvalue weighted by molar-refractivity contribution is 7.22. The Hall–Kier alpha value is -2.08. The lowest BCUT2D eigenvalue weighted by Gasteiger charge is -2.11. The van der Waals surface area contributed by atoms with Crippen LogP contribution in [-0.4, -0.2) is 4.98 Å². The number of nitrogens with zero attached hydrogens (tertiary/aromatic N) is 1. The molecule has 0 fully saturated rings. The molecule has 3 rings (SSSR count). The first kappa shape index (κ1) is 13.9. The zero-order valence-corrected chi connectivity index (χ0v) is 11.8. The van der Waals surface area contributed by atoms with Crippen LogP contribution in [0.15, 0.2) is 42.5 Å². The van der Waals surface area contributed by atoms with Crippen LogP contribution in [0.25, 0.3) is 10.2 Å². The molecule has 2 nitrogen and oxygen atoms in total. The molecule has 0 bridgehead atoms. The van der Waals surface area contributed by atoms with Crippen LogP contribution in [0.1, 0.15) is 11.1 Å². The van der Waals surface area contributed by atoms with Crippen molar-refractivity contribution in [3.8, 4) is 0 Å². The fourth-order valence-electron chi connectivity index (χ4n) is 1.97. The number of aromatic nitrogens is 1. The summed E-state index contributed by atoms with van der Waals surface area (Å²) in [6.07, 6.45) is -4.35. The summed E-state index contributed by atoms with van der Waals surface area (Å²) in [5, 5.41) is 3.56. The molecule has 1 aromatic heterocycles. The van der Waals surface area contributed by atoms with Gasteiger partial charge < -0.3 is 5.32 Å². The second-order valence-corrected chi connectivity index (χ2v) is 5.67. The quantitative estimate of drug-likeness (QED) is 0.688. The third-order valence-corrected chi connectivity index (χ3v) is 4.05. The van der Waals surface area contributed by atoms with E-state index in [2.05, 4.69) is 10.3 Å². The lowest BCUT2D eigenvalue weighted by molar-refractivity contribution is -0.137. The molecule has 1 heterocycles. The van der Waals surface area contributed by atoms with E-state index in [0.717, 1.165) is 27.9 Å². The second-order valence-electron chi connectivity index (χ2n) is 4.64. The van der Waals surface area contributed by atoms with Crippen molar-refractivity contribution < 1.29 is 13.2 Å². The Morgan fingerprint density at radius 3 is 2.57 bits per heavy atom. The number of hydrogen-bond donors (Lipinski definition) is 1. The Morgan fingerprint density at radius 1 is 1.10 bits per heavy atom. The first-order valence-electron chi connectivity index (χ1n) is 6.24. The smallest absolute Gasteiger partial charge is 0.331 e. The van der Waals surface area contributed by atoms with Crippen LogP contribution >= 0.6 is 11.3 Å². The molecule has 0 aliphatic carbocycles. The van der Waals surface area contributed by atoms with Crippen LogP contribution in [0.4, 0.5) is 24.0 Å². The molecule has 0 saturated heterocycles. The number of halogens is 3. The van der Waals surface area contributed by atoms with Gasteiger partial charge in [0, 0.05) is 5.69 Å². The molecule has 0 radical (unpaired) electrons. The Balaban J connectivity index is 1.97. The number of thiazole rings is 1. The maximum atomic E-state index is 12.8. The molecule has 0 saturated carbocycles. The van der Waals surface area contributed by atoms with E-state index in [-0.39, 0.29) is 0 Å². The summed E-state index contributed by atoms with van der Waals surface area (Å²) < 4.78 is 39.3. The van der Waals surface area contributed by atoms with Gasteiger partial charge in [0.15, 0.2) is 5.13 Å². The predicted octanol–water partition coefficient (Wildman–Crippen LogP) is 5.37. The summed E-state index contributed by atoms with van der Waals surface area (Å²) in [7, 11) is 0. The van der Waals surface area contributed by atoms with Gasteiger partial charge in [0.05, 0.1) is 15.8 Å². The van der Waals surface area contributed by atoms with Gasteiger partial charge in [-0.2, -0.15) is 13.2 Å². The van der Waals surface area contributed by atoms with Gasteiger partial charge in [0.1, 0.15) is 0 Å². The number of alkyl halides is 3. The predicted molar refractivity (Wildman–Crippen MR) is 79.1 cm³/mol. The Bertz CT molecular complexity index is 760. The average molecular weight is 308 g/mol. The molecule has 0 unspecified atom stereocenters. The number of hydrogen-bond acceptors (Lipinski definition) is 3. The van der Waals surface area contributed by atoms with E-state index < -0.39 is 11.7 Å². The molecule has 0 spiro atoms. The van der Waals surface area contributed by atoms with Gasteiger partial charge >= 0.3 is 6.18 Å². The highest BCUT2D eigenvalue weighted by Gasteiger charge is 2.30. The molecule has 2 aromatic carbocycles. The van der Waals surface area contributed by atoms with Crippen molar-refractivity contribution in [3.05, 3.63) is 53.6 Å². The van der Waals surface area contributed by atoms with E-state index in [1.165, 1.54) is 17.4 Å². The molecule has 0 aliphatic heterocycles. The minimum atomic E-state index is -4.35. The second kappa shape index (κ2) is 5.04. The van der Waals surface area contributed by atoms with Crippen molar-refractivity contribution in [2.75, 3.05) is 5.32 Å². The summed E-state index contributed by atoms with van der Waals surface area (Å²) in [5.41, 5.74) is 1.32. The van der Waals surface area contributed by atoms with E-state index in [1.54, 1.807) is 6.92 Å². The monoisotopic (exact) mass is 308 g/mol. The number of aryl methyl sites for hydroxylation is 1. The first-order chi connectivity index (χ1) is 9.93. The fraction of sp³-hybridized carbons (Fsp3) is 0.133. The van der Waals surface area contributed by atoms with Crippen LogP contribution in [-0.2, 0) is 6.18 Å². The Kier molecular flexibility index (Phi) is 3.33. The normalized spacial score (nSPS) is 11.8. The lowest BCUT2D eigenvalue weighted by atomic mass is 10.1. The van der Waals surface area contributed by atoms with E-state index in [4.69, 9.17) is 0 Å². The number of anilines is 2. The third-order valence-electron chi connectivity index (χ3n) is 3.10. The summed E-state index contributed by atoms with van der Waals surface area (Å²) in [4.78, 5) is 4.37. The van der Waals surface area contributed by atoms with Gasteiger partial charge in [-0.3, -0.25) is 0 Å². The molecular formula is C15H11F3N2S. The molecule has 0 amide bonds. The van der Waals surface area contributed by atoms with Gasteiger partial charge in [-0.1, -0.05) is 29.5 Å². The summed E-state index contributed by atoms with van der Waals surface area (Å²) in [6.45, 7) is 1.76. The van der Waals surface area contributed by atoms with Crippen LogP contribution < -0.4 is 5.32 Å². The van der Waals surface area contributed by atoms with Gasteiger partial charge in [-0.25, -0.2) is 4.98 Å². The molecular weight excluding hydrogens is 297 g/mol. The minimum Gasteiger partial charge on any atom is -0.331 e. The summed E-state index contributed by atoms with van der Waals surface area (Å²) >= 11 is 1.41. The van der Waals surface area contributed by atoms with Gasteiger partial charge in [-0.15, -0.1) is 0 Å². The number of rotatable bonds is 2. The average Bonchev–Trinajstić information content (AvgIpc) is 2.82. The van der Waals surface area contributed by atoms with Crippen molar-refractivity contribution in [2.45, 2.75) is 13.1 Å². The van der Waals surface area contributed by atoms with Crippen molar-refractivity contribution >= 4 is 32.4 Å². The SMILES string of the molecule is Cc1ccc(C(F)(F)F)cc1Nc1nc2ccccc2s1. The molecule has 0 atom stereocenters. The summed E-state index contributed by atoms with van der Waals surface area (Å²) in [6, 6.07) is 11.2.